The molecule has 0 atom stereocenters. The standard InChI is InChI=1S/C23H19ClN6OS/c24-17-4-5-21-19(7-17)20(28-32-21)9-25-23(31)16-8-26-30(11-16)13-18-12-29-10-15(14-1-2-14)3-6-22(29)27-18/h3-8,10-12,14H,1-2,9,13H2,(H,25,31). The number of amides is 1. The molecule has 0 unspecified atom stereocenters. The summed E-state index contributed by atoms with van der Waals surface area (Å²) >= 11 is 7.49. The Labute approximate surface area is 192 Å². The van der Waals surface area contributed by atoms with Gasteiger partial charge in [0.15, 0.2) is 0 Å². The zero-order valence-corrected chi connectivity index (χ0v) is 18.6. The van der Waals surface area contributed by atoms with E-state index in [1.54, 1.807) is 17.1 Å². The van der Waals surface area contributed by atoms with Crippen molar-refractivity contribution in [3.63, 3.8) is 0 Å². The van der Waals surface area contributed by atoms with Crippen LogP contribution in [0.25, 0.3) is 15.7 Å². The molecule has 1 aromatic carbocycles. The second-order valence-electron chi connectivity index (χ2n) is 8.11. The maximum Gasteiger partial charge on any atom is 0.254 e. The van der Waals surface area contributed by atoms with Gasteiger partial charge in [-0.2, -0.15) is 9.47 Å². The average molecular weight is 463 g/mol. The number of carbonyl (C=O) groups excluding carboxylic acids is 1. The van der Waals surface area contributed by atoms with Crippen molar-refractivity contribution in [1.82, 2.24) is 28.9 Å². The van der Waals surface area contributed by atoms with Gasteiger partial charge in [0.1, 0.15) is 5.65 Å². The molecule has 7 nitrogen and oxygen atoms in total. The SMILES string of the molecule is O=C(NCc1nsc2ccc(Cl)cc12)c1cnn(Cc2cn3cc(C4CC4)ccc3n2)c1. The van der Waals surface area contributed by atoms with Gasteiger partial charge in [-0.15, -0.1) is 0 Å². The number of hydrogen-bond acceptors (Lipinski definition) is 5. The second-order valence-corrected chi connectivity index (χ2v) is 9.35. The fraction of sp³-hybridized carbons (Fsp3) is 0.217. The smallest absolute Gasteiger partial charge is 0.254 e. The summed E-state index contributed by atoms with van der Waals surface area (Å²) in [6, 6.07) is 9.89. The number of fused-ring (bicyclic) bond motifs is 2. The van der Waals surface area contributed by atoms with Gasteiger partial charge < -0.3 is 9.72 Å². The third-order valence-corrected chi connectivity index (χ3v) is 6.81. The maximum atomic E-state index is 12.6. The molecular formula is C23H19ClN6OS. The predicted octanol–water partition coefficient (Wildman–Crippen LogP) is 4.65. The number of nitrogens with one attached hydrogen (secondary N) is 1. The highest BCUT2D eigenvalue weighted by molar-refractivity contribution is 7.13. The summed E-state index contributed by atoms with van der Waals surface area (Å²) in [7, 11) is 0. The molecule has 1 N–H and O–H groups in total. The Morgan fingerprint density at radius 2 is 2.09 bits per heavy atom. The van der Waals surface area contributed by atoms with Crippen molar-refractivity contribution in [3.8, 4) is 0 Å². The lowest BCUT2D eigenvalue weighted by atomic mass is 10.2. The number of nitrogens with zero attached hydrogens (tertiary/aromatic N) is 5. The van der Waals surface area contributed by atoms with Crippen LogP contribution in [0.1, 0.15) is 46.1 Å². The highest BCUT2D eigenvalue weighted by Gasteiger charge is 2.23. The quantitative estimate of drug-likeness (QED) is 0.398. The van der Waals surface area contributed by atoms with E-state index in [2.05, 4.69) is 42.5 Å². The first-order chi connectivity index (χ1) is 15.6. The topological polar surface area (TPSA) is 77.1 Å². The van der Waals surface area contributed by atoms with Crippen LogP contribution in [-0.4, -0.2) is 29.4 Å². The molecule has 0 radical (unpaired) electrons. The first-order valence-corrected chi connectivity index (χ1v) is 11.6. The lowest BCUT2D eigenvalue weighted by Crippen LogP contribution is -2.22. The Morgan fingerprint density at radius 1 is 1.19 bits per heavy atom. The number of rotatable bonds is 6. The monoisotopic (exact) mass is 462 g/mol. The van der Waals surface area contributed by atoms with Crippen LogP contribution >= 0.6 is 23.1 Å². The molecule has 4 aromatic heterocycles. The molecule has 1 aliphatic rings. The minimum Gasteiger partial charge on any atom is -0.346 e. The van der Waals surface area contributed by atoms with Crippen molar-refractivity contribution in [1.29, 1.82) is 0 Å². The molecule has 5 aromatic rings. The maximum absolute atomic E-state index is 12.6. The van der Waals surface area contributed by atoms with Gasteiger partial charge in [0.25, 0.3) is 5.91 Å². The van der Waals surface area contributed by atoms with E-state index in [9.17, 15) is 4.79 Å². The molecule has 1 fully saturated rings. The van der Waals surface area contributed by atoms with Gasteiger partial charge in [0.05, 0.1) is 40.9 Å². The van der Waals surface area contributed by atoms with Crippen LogP contribution in [0.5, 0.6) is 0 Å². The number of carbonyl (C=O) groups is 1. The molecule has 160 valence electrons. The van der Waals surface area contributed by atoms with Crippen LogP contribution in [-0.2, 0) is 13.1 Å². The molecule has 0 aliphatic heterocycles. The Hall–Kier alpha value is -3.23. The molecule has 4 heterocycles. The van der Waals surface area contributed by atoms with Crippen LogP contribution in [0.15, 0.2) is 55.1 Å². The van der Waals surface area contributed by atoms with Gasteiger partial charge in [-0.05, 0) is 60.1 Å². The Kier molecular flexibility index (Phi) is 4.69. The lowest BCUT2D eigenvalue weighted by Gasteiger charge is -2.02. The molecule has 6 rings (SSSR count). The molecule has 32 heavy (non-hydrogen) atoms. The molecule has 1 amide bonds. The van der Waals surface area contributed by atoms with E-state index >= 15 is 0 Å². The van der Waals surface area contributed by atoms with E-state index in [4.69, 9.17) is 11.6 Å². The predicted molar refractivity (Wildman–Crippen MR) is 124 cm³/mol. The average Bonchev–Trinajstić information content (AvgIpc) is 3.21. The summed E-state index contributed by atoms with van der Waals surface area (Å²) in [4.78, 5) is 17.3. The van der Waals surface area contributed by atoms with Gasteiger partial charge in [-0.1, -0.05) is 17.7 Å². The van der Waals surface area contributed by atoms with Crippen molar-refractivity contribution in [2.45, 2.75) is 31.8 Å². The first kappa shape index (κ1) is 19.5. The molecule has 9 heteroatoms. The third-order valence-electron chi connectivity index (χ3n) is 5.72. The molecular weight excluding hydrogens is 444 g/mol. The number of hydrogen-bond donors (Lipinski definition) is 1. The minimum absolute atomic E-state index is 0.191. The summed E-state index contributed by atoms with van der Waals surface area (Å²) in [6.45, 7) is 0.836. The summed E-state index contributed by atoms with van der Waals surface area (Å²) in [5.74, 6) is 0.514. The second kappa shape index (κ2) is 7.72. The van der Waals surface area contributed by atoms with Crippen molar-refractivity contribution in [2.75, 3.05) is 0 Å². The Bertz CT molecular complexity index is 1460. The van der Waals surface area contributed by atoms with Gasteiger partial charge in [-0.3, -0.25) is 9.48 Å². The normalized spacial score (nSPS) is 13.8. The van der Waals surface area contributed by atoms with E-state index in [0.717, 1.165) is 27.1 Å². The largest absolute Gasteiger partial charge is 0.346 e. The number of pyridine rings is 1. The van der Waals surface area contributed by atoms with E-state index in [-0.39, 0.29) is 5.91 Å². The summed E-state index contributed by atoms with van der Waals surface area (Å²) in [5, 5.41) is 8.89. The van der Waals surface area contributed by atoms with Crippen LogP contribution in [0.4, 0.5) is 0 Å². The van der Waals surface area contributed by atoms with Crippen LogP contribution < -0.4 is 5.32 Å². The number of aromatic nitrogens is 5. The Morgan fingerprint density at radius 3 is 2.97 bits per heavy atom. The van der Waals surface area contributed by atoms with E-state index < -0.39 is 0 Å². The van der Waals surface area contributed by atoms with Crippen molar-refractivity contribution in [3.05, 3.63) is 82.7 Å². The van der Waals surface area contributed by atoms with E-state index in [1.807, 2.05) is 24.4 Å². The fourth-order valence-corrected chi connectivity index (χ4v) is 4.83. The highest BCUT2D eigenvalue weighted by atomic mass is 35.5. The summed E-state index contributed by atoms with van der Waals surface area (Å²) in [6.07, 6.45) is 10.1. The fourth-order valence-electron chi connectivity index (χ4n) is 3.88. The van der Waals surface area contributed by atoms with Gasteiger partial charge in [-0.25, -0.2) is 4.98 Å². The van der Waals surface area contributed by atoms with Crippen molar-refractivity contribution >= 4 is 44.8 Å². The van der Waals surface area contributed by atoms with Crippen LogP contribution in [0.3, 0.4) is 0 Å². The molecule has 1 aliphatic carbocycles. The van der Waals surface area contributed by atoms with Gasteiger partial charge in [0, 0.05) is 29.0 Å². The number of imidazole rings is 1. The third kappa shape index (κ3) is 3.76. The minimum atomic E-state index is -0.191. The lowest BCUT2D eigenvalue weighted by molar-refractivity contribution is 0.0950. The summed E-state index contributed by atoms with van der Waals surface area (Å²) < 4.78 is 9.29. The molecule has 1 saturated carbocycles. The Balaban J connectivity index is 1.13. The highest BCUT2D eigenvalue weighted by Crippen LogP contribution is 2.39. The zero-order valence-electron chi connectivity index (χ0n) is 17.0. The first-order valence-electron chi connectivity index (χ1n) is 10.4. The van der Waals surface area contributed by atoms with E-state index in [1.165, 1.54) is 29.9 Å². The molecule has 0 spiro atoms. The van der Waals surface area contributed by atoms with Crippen LogP contribution in [0, 0.1) is 0 Å². The summed E-state index contributed by atoms with van der Waals surface area (Å²) in [5.41, 5.74) is 4.50. The van der Waals surface area contributed by atoms with Crippen LogP contribution in [0.2, 0.25) is 5.02 Å². The number of halogens is 1. The number of benzene rings is 1. The van der Waals surface area contributed by atoms with Crippen molar-refractivity contribution < 1.29 is 4.79 Å². The molecule has 0 saturated heterocycles. The van der Waals surface area contributed by atoms with Gasteiger partial charge in [0.2, 0.25) is 0 Å². The van der Waals surface area contributed by atoms with Crippen molar-refractivity contribution in [2.24, 2.45) is 0 Å². The molecule has 0 bridgehead atoms. The van der Waals surface area contributed by atoms with E-state index in [0.29, 0.717) is 29.6 Å². The zero-order chi connectivity index (χ0) is 21.7. The van der Waals surface area contributed by atoms with Gasteiger partial charge >= 0.3 is 0 Å².